The molecule has 0 saturated heterocycles. The number of methoxy groups -OCH3 is 1. The van der Waals surface area contributed by atoms with Gasteiger partial charge in [0.25, 0.3) is 10.0 Å². The van der Waals surface area contributed by atoms with Gasteiger partial charge in [0.15, 0.2) is 16.7 Å². The smallest absolute Gasteiger partial charge is 0.282 e. The summed E-state index contributed by atoms with van der Waals surface area (Å²) in [6, 6.07) is 12.6. The molecule has 190 valence electrons. The summed E-state index contributed by atoms with van der Waals surface area (Å²) in [4.78, 5) is 13.3. The number of aliphatic hydroxyl groups is 2. The fraction of sp³-hybridized carbons (Fsp3) is 0.292. The van der Waals surface area contributed by atoms with Gasteiger partial charge in [-0.15, -0.1) is 0 Å². The Morgan fingerprint density at radius 2 is 1.69 bits per heavy atom. The van der Waals surface area contributed by atoms with Gasteiger partial charge in [0, 0.05) is 38.0 Å². The molecule has 0 bridgehead atoms. The fourth-order valence-corrected chi connectivity index (χ4v) is 4.71. The van der Waals surface area contributed by atoms with Crippen molar-refractivity contribution in [2.75, 3.05) is 30.4 Å². The molecule has 0 spiro atoms. The number of anilines is 3. The minimum Gasteiger partial charge on any atom is -0.497 e. The number of aromatic nitrogens is 4. The molecule has 4 N–H and O–H groups in total. The molecule has 0 radical (unpaired) electrons. The molecular formula is C24H28N6O5S. The summed E-state index contributed by atoms with van der Waals surface area (Å²) in [6.45, 7) is -0.115. The van der Waals surface area contributed by atoms with E-state index in [1.54, 1.807) is 43.0 Å². The normalized spacial score (nSPS) is 11.6. The molecule has 0 aliphatic carbocycles. The van der Waals surface area contributed by atoms with Crippen molar-refractivity contribution in [3.05, 3.63) is 60.0 Å². The van der Waals surface area contributed by atoms with Crippen molar-refractivity contribution >= 4 is 38.4 Å². The molecule has 12 heteroatoms. The number of aliphatic hydroxyl groups excluding tert-OH is 2. The first-order valence-corrected chi connectivity index (χ1v) is 12.8. The van der Waals surface area contributed by atoms with Crippen molar-refractivity contribution in [3.63, 3.8) is 0 Å². The van der Waals surface area contributed by atoms with E-state index in [4.69, 9.17) is 4.74 Å². The van der Waals surface area contributed by atoms with Crippen LogP contribution in [-0.2, 0) is 29.9 Å². The van der Waals surface area contributed by atoms with Crippen molar-refractivity contribution in [3.8, 4) is 5.75 Å². The molecule has 0 saturated carbocycles. The highest BCUT2D eigenvalue weighted by Gasteiger charge is 2.23. The van der Waals surface area contributed by atoms with Gasteiger partial charge in [-0.05, 0) is 36.6 Å². The highest BCUT2D eigenvalue weighted by Crippen LogP contribution is 2.31. The number of para-hydroxylation sites is 2. The van der Waals surface area contributed by atoms with Crippen molar-refractivity contribution in [1.82, 2.24) is 19.5 Å². The molecule has 0 fully saturated rings. The number of sulfonamides is 1. The first kappa shape index (κ1) is 25.4. The second-order valence-electron chi connectivity index (χ2n) is 8.07. The van der Waals surface area contributed by atoms with Gasteiger partial charge in [-0.3, -0.25) is 4.72 Å². The predicted molar refractivity (Wildman–Crippen MR) is 136 cm³/mol. The Balaban J connectivity index is 1.77. The maximum Gasteiger partial charge on any atom is 0.282 e. The van der Waals surface area contributed by atoms with E-state index in [0.29, 0.717) is 41.1 Å². The highest BCUT2D eigenvalue weighted by atomic mass is 32.2. The SMILES string of the molecule is COc1ccc(CCCO)c(Nc2nc3ccccc3nc2NS(=O)(=O)c2cn(C)c(CCO)n2)c1. The first-order chi connectivity index (χ1) is 17.3. The highest BCUT2D eigenvalue weighted by molar-refractivity contribution is 7.92. The summed E-state index contributed by atoms with van der Waals surface area (Å²) in [5.74, 6) is 1.23. The lowest BCUT2D eigenvalue weighted by Gasteiger charge is -2.16. The molecule has 0 aliphatic heterocycles. The topological polar surface area (TPSA) is 151 Å². The van der Waals surface area contributed by atoms with E-state index in [9.17, 15) is 18.6 Å². The fourth-order valence-electron chi connectivity index (χ4n) is 3.69. The van der Waals surface area contributed by atoms with Crippen LogP contribution in [0.2, 0.25) is 0 Å². The van der Waals surface area contributed by atoms with Crippen molar-refractivity contribution in [2.45, 2.75) is 24.3 Å². The van der Waals surface area contributed by atoms with E-state index in [-0.39, 0.29) is 36.3 Å². The van der Waals surface area contributed by atoms with Crippen LogP contribution in [0.1, 0.15) is 17.8 Å². The standard InChI is InChI=1S/C24H28N6O5S/c1-30-15-22(28-21(30)11-13-32)36(33,34)29-24-23(25-18-7-3-4-8-19(18)26-24)27-20-14-17(35-2)10-9-16(20)6-5-12-31/h3-4,7-10,14-15,31-32H,5-6,11-13H2,1-2H3,(H,25,27)(H,26,29). The largest absolute Gasteiger partial charge is 0.497 e. The number of nitrogens with one attached hydrogen (secondary N) is 2. The third kappa shape index (κ3) is 5.56. The Kier molecular flexibility index (Phi) is 7.67. The number of hydrogen-bond acceptors (Lipinski definition) is 9. The van der Waals surface area contributed by atoms with Crippen molar-refractivity contribution < 1.29 is 23.4 Å². The Morgan fingerprint density at radius 3 is 2.36 bits per heavy atom. The van der Waals surface area contributed by atoms with Gasteiger partial charge in [-0.25, -0.2) is 15.0 Å². The predicted octanol–water partition coefficient (Wildman–Crippen LogP) is 2.38. The van der Waals surface area contributed by atoms with Gasteiger partial charge < -0.3 is 24.8 Å². The summed E-state index contributed by atoms with van der Waals surface area (Å²) in [6.07, 6.45) is 2.75. The number of rotatable bonds is 11. The zero-order valence-corrected chi connectivity index (χ0v) is 20.8. The van der Waals surface area contributed by atoms with E-state index in [2.05, 4.69) is 25.0 Å². The second-order valence-corrected chi connectivity index (χ2v) is 9.70. The number of fused-ring (bicyclic) bond motifs is 1. The summed E-state index contributed by atoms with van der Waals surface area (Å²) in [5.41, 5.74) is 2.63. The molecule has 0 atom stereocenters. The van der Waals surface area contributed by atoms with Crippen molar-refractivity contribution in [2.24, 2.45) is 7.05 Å². The van der Waals surface area contributed by atoms with Crippen LogP contribution in [0.5, 0.6) is 5.75 Å². The molecule has 11 nitrogen and oxygen atoms in total. The van der Waals surface area contributed by atoms with Crippen LogP contribution >= 0.6 is 0 Å². The van der Waals surface area contributed by atoms with E-state index >= 15 is 0 Å². The van der Waals surface area contributed by atoms with Gasteiger partial charge >= 0.3 is 0 Å². The summed E-state index contributed by atoms with van der Waals surface area (Å²) >= 11 is 0. The van der Waals surface area contributed by atoms with Crippen LogP contribution in [0.15, 0.2) is 53.7 Å². The maximum absolute atomic E-state index is 13.2. The summed E-state index contributed by atoms with van der Waals surface area (Å²) < 4.78 is 35.9. The molecule has 4 rings (SSSR count). The van der Waals surface area contributed by atoms with Crippen LogP contribution in [0.3, 0.4) is 0 Å². The molecule has 2 aromatic carbocycles. The lowest BCUT2D eigenvalue weighted by atomic mass is 10.1. The average Bonchev–Trinajstić information content (AvgIpc) is 3.24. The molecule has 0 amide bonds. The van der Waals surface area contributed by atoms with Crippen molar-refractivity contribution in [1.29, 1.82) is 0 Å². The van der Waals surface area contributed by atoms with Crippen LogP contribution in [0.4, 0.5) is 17.3 Å². The molecule has 4 aromatic rings. The second kappa shape index (κ2) is 10.9. The third-order valence-corrected chi connectivity index (χ3v) is 6.75. The molecule has 0 unspecified atom stereocenters. The van der Waals surface area contributed by atoms with Crippen LogP contribution in [-0.4, -0.2) is 58.5 Å². The third-order valence-electron chi connectivity index (χ3n) is 5.54. The minimum absolute atomic E-state index is 0.000936. The molecule has 0 aliphatic rings. The number of ether oxygens (including phenoxy) is 1. The van der Waals surface area contributed by atoms with Gasteiger partial charge in [-0.1, -0.05) is 18.2 Å². The first-order valence-electron chi connectivity index (χ1n) is 11.3. The zero-order chi connectivity index (χ0) is 25.7. The number of hydrogen-bond donors (Lipinski definition) is 4. The van der Waals surface area contributed by atoms with Gasteiger partial charge in [0.05, 0.1) is 24.8 Å². The Morgan fingerprint density at radius 1 is 0.972 bits per heavy atom. The summed E-state index contributed by atoms with van der Waals surface area (Å²) in [7, 11) is -0.899. The number of benzene rings is 2. The quantitative estimate of drug-likeness (QED) is 0.237. The lowest BCUT2D eigenvalue weighted by molar-refractivity contribution is 0.288. The molecular weight excluding hydrogens is 484 g/mol. The van der Waals surface area contributed by atoms with E-state index < -0.39 is 10.0 Å². The molecule has 2 aromatic heterocycles. The zero-order valence-electron chi connectivity index (χ0n) is 20.0. The van der Waals surface area contributed by atoms with E-state index in [1.165, 1.54) is 6.20 Å². The van der Waals surface area contributed by atoms with E-state index in [1.807, 2.05) is 18.2 Å². The Hall–Kier alpha value is -3.74. The molecule has 2 heterocycles. The van der Waals surface area contributed by atoms with Gasteiger partial charge in [0.2, 0.25) is 0 Å². The van der Waals surface area contributed by atoms with Crippen LogP contribution in [0, 0.1) is 0 Å². The van der Waals surface area contributed by atoms with Gasteiger partial charge in [-0.2, -0.15) is 8.42 Å². The average molecular weight is 513 g/mol. The van der Waals surface area contributed by atoms with Crippen LogP contribution in [0.25, 0.3) is 11.0 Å². The lowest BCUT2D eigenvalue weighted by Crippen LogP contribution is -2.16. The maximum atomic E-state index is 13.2. The monoisotopic (exact) mass is 512 g/mol. The minimum atomic E-state index is -4.12. The number of imidazole rings is 1. The van der Waals surface area contributed by atoms with Crippen LogP contribution < -0.4 is 14.8 Å². The van der Waals surface area contributed by atoms with E-state index in [0.717, 1.165) is 5.56 Å². The molecule has 36 heavy (non-hydrogen) atoms. The summed E-state index contributed by atoms with van der Waals surface area (Å²) in [5, 5.41) is 21.5. The van der Waals surface area contributed by atoms with Gasteiger partial charge in [0.1, 0.15) is 11.6 Å². The number of nitrogens with zero attached hydrogens (tertiary/aromatic N) is 4. The number of aryl methyl sites for hydroxylation is 2. The Labute approximate surface area is 208 Å². The Bertz CT molecular complexity index is 1470.